The Labute approximate surface area is 115 Å². The van der Waals surface area contributed by atoms with Gasteiger partial charge in [-0.3, -0.25) is 4.68 Å². The first-order valence-electron chi connectivity index (χ1n) is 7.08. The van der Waals surface area contributed by atoms with Gasteiger partial charge >= 0.3 is 0 Å². The fourth-order valence-corrected chi connectivity index (χ4v) is 2.77. The molecule has 0 spiro atoms. The van der Waals surface area contributed by atoms with Gasteiger partial charge in [-0.1, -0.05) is 6.92 Å². The standard InChI is InChI=1S/C14H23N5/c1-4-7-19-8-5-12(6-9-19)16-14-13(10-15)11(2)17-18(14)3/h12,16H,4-9H2,1-3H3. The molecule has 19 heavy (non-hydrogen) atoms. The smallest absolute Gasteiger partial charge is 0.142 e. The Bertz CT molecular complexity index is 463. The van der Waals surface area contributed by atoms with Crippen LogP contribution >= 0.6 is 0 Å². The van der Waals surface area contributed by atoms with Crippen molar-refractivity contribution >= 4 is 5.82 Å². The van der Waals surface area contributed by atoms with Gasteiger partial charge in [0.05, 0.1) is 5.69 Å². The monoisotopic (exact) mass is 261 g/mol. The van der Waals surface area contributed by atoms with Crippen molar-refractivity contribution in [3.8, 4) is 6.07 Å². The van der Waals surface area contributed by atoms with Crippen LogP contribution < -0.4 is 5.32 Å². The van der Waals surface area contributed by atoms with Crippen LogP contribution in [0.4, 0.5) is 5.82 Å². The molecule has 1 aliphatic rings. The van der Waals surface area contributed by atoms with Crippen LogP contribution in [-0.4, -0.2) is 40.4 Å². The number of rotatable bonds is 4. The Balaban J connectivity index is 1.98. The van der Waals surface area contributed by atoms with Crippen molar-refractivity contribution in [2.75, 3.05) is 25.0 Å². The molecule has 1 aromatic rings. The predicted molar refractivity (Wildman–Crippen MR) is 76.0 cm³/mol. The van der Waals surface area contributed by atoms with E-state index in [1.807, 2.05) is 14.0 Å². The van der Waals surface area contributed by atoms with E-state index in [1.54, 1.807) is 4.68 Å². The molecule has 1 N–H and O–H groups in total. The van der Waals surface area contributed by atoms with Gasteiger partial charge < -0.3 is 10.2 Å². The summed E-state index contributed by atoms with van der Waals surface area (Å²) in [6, 6.07) is 2.70. The minimum absolute atomic E-state index is 0.454. The summed E-state index contributed by atoms with van der Waals surface area (Å²) in [6.07, 6.45) is 3.49. The van der Waals surface area contributed by atoms with Crippen molar-refractivity contribution in [2.24, 2.45) is 7.05 Å². The molecule has 5 heteroatoms. The lowest BCUT2D eigenvalue weighted by Gasteiger charge is -2.32. The zero-order valence-electron chi connectivity index (χ0n) is 12.1. The number of anilines is 1. The molecule has 0 unspecified atom stereocenters. The highest BCUT2D eigenvalue weighted by atomic mass is 15.3. The fourth-order valence-electron chi connectivity index (χ4n) is 2.77. The lowest BCUT2D eigenvalue weighted by molar-refractivity contribution is 0.219. The van der Waals surface area contributed by atoms with Gasteiger partial charge in [0, 0.05) is 26.2 Å². The van der Waals surface area contributed by atoms with Crippen molar-refractivity contribution in [3.63, 3.8) is 0 Å². The number of nitriles is 1. The van der Waals surface area contributed by atoms with E-state index in [0.717, 1.165) is 37.4 Å². The zero-order valence-corrected chi connectivity index (χ0v) is 12.1. The molecular weight excluding hydrogens is 238 g/mol. The molecule has 5 nitrogen and oxygen atoms in total. The van der Waals surface area contributed by atoms with Crippen LogP contribution in [-0.2, 0) is 7.05 Å². The van der Waals surface area contributed by atoms with Crippen molar-refractivity contribution in [1.29, 1.82) is 5.26 Å². The first kappa shape index (κ1) is 13.9. The van der Waals surface area contributed by atoms with Crippen LogP contribution in [0.15, 0.2) is 0 Å². The quantitative estimate of drug-likeness (QED) is 0.899. The first-order chi connectivity index (χ1) is 9.15. The molecule has 0 radical (unpaired) electrons. The topological polar surface area (TPSA) is 56.9 Å². The summed E-state index contributed by atoms with van der Waals surface area (Å²) in [7, 11) is 1.89. The molecule has 0 aromatic carbocycles. The van der Waals surface area contributed by atoms with Gasteiger partial charge in [-0.25, -0.2) is 0 Å². The lowest BCUT2D eigenvalue weighted by atomic mass is 10.0. The Hall–Kier alpha value is -1.54. The molecule has 1 fully saturated rings. The van der Waals surface area contributed by atoms with Crippen LogP contribution in [0.3, 0.4) is 0 Å². The van der Waals surface area contributed by atoms with Crippen molar-refractivity contribution < 1.29 is 0 Å². The molecule has 2 heterocycles. The predicted octanol–water partition coefficient (Wildman–Crippen LogP) is 1.89. The van der Waals surface area contributed by atoms with Gasteiger partial charge in [0.2, 0.25) is 0 Å². The van der Waals surface area contributed by atoms with Crippen LogP contribution in [0.25, 0.3) is 0 Å². The molecule has 0 amide bonds. The number of nitrogens with one attached hydrogen (secondary N) is 1. The number of likely N-dealkylation sites (tertiary alicyclic amines) is 1. The maximum absolute atomic E-state index is 9.20. The van der Waals surface area contributed by atoms with Gasteiger partial charge in [-0.15, -0.1) is 0 Å². The molecule has 0 atom stereocenters. The summed E-state index contributed by atoms with van der Waals surface area (Å²) < 4.78 is 1.78. The number of hydrogen-bond donors (Lipinski definition) is 1. The van der Waals surface area contributed by atoms with E-state index in [4.69, 9.17) is 0 Å². The van der Waals surface area contributed by atoms with Gasteiger partial charge in [-0.2, -0.15) is 10.4 Å². The second-order valence-corrected chi connectivity index (χ2v) is 5.30. The van der Waals surface area contributed by atoms with Gasteiger partial charge in [-0.05, 0) is 32.7 Å². The number of nitrogens with zero attached hydrogens (tertiary/aromatic N) is 4. The van der Waals surface area contributed by atoms with Gasteiger partial charge in [0.25, 0.3) is 0 Å². The SMILES string of the molecule is CCCN1CCC(Nc2c(C#N)c(C)nn2C)CC1. The molecule has 0 aliphatic carbocycles. The average Bonchev–Trinajstić information content (AvgIpc) is 2.66. The molecule has 1 saturated heterocycles. The molecule has 104 valence electrons. The summed E-state index contributed by atoms with van der Waals surface area (Å²) >= 11 is 0. The molecule has 0 saturated carbocycles. The minimum atomic E-state index is 0.454. The maximum atomic E-state index is 9.20. The van der Waals surface area contributed by atoms with E-state index in [-0.39, 0.29) is 0 Å². The fraction of sp³-hybridized carbons (Fsp3) is 0.714. The van der Waals surface area contributed by atoms with Crippen LogP contribution in [0.2, 0.25) is 0 Å². The average molecular weight is 261 g/mol. The van der Waals surface area contributed by atoms with Crippen molar-refractivity contribution in [3.05, 3.63) is 11.3 Å². The van der Waals surface area contributed by atoms with Crippen molar-refractivity contribution in [2.45, 2.75) is 39.2 Å². The largest absolute Gasteiger partial charge is 0.366 e. The normalized spacial score (nSPS) is 17.4. The van der Waals surface area contributed by atoms with E-state index >= 15 is 0 Å². The summed E-state index contributed by atoms with van der Waals surface area (Å²) in [6.45, 7) is 7.59. The molecule has 1 aliphatic heterocycles. The number of aryl methyl sites for hydroxylation is 2. The highest BCUT2D eigenvalue weighted by Gasteiger charge is 2.21. The zero-order chi connectivity index (χ0) is 13.8. The summed E-state index contributed by atoms with van der Waals surface area (Å²) in [5.74, 6) is 0.869. The van der Waals surface area contributed by atoms with Gasteiger partial charge in [0.1, 0.15) is 17.5 Å². The minimum Gasteiger partial charge on any atom is -0.366 e. The van der Waals surface area contributed by atoms with E-state index in [1.165, 1.54) is 13.0 Å². The second kappa shape index (κ2) is 6.07. The Morgan fingerprint density at radius 1 is 1.42 bits per heavy atom. The van der Waals surface area contributed by atoms with E-state index in [9.17, 15) is 5.26 Å². The summed E-state index contributed by atoms with van der Waals surface area (Å²) in [4.78, 5) is 2.51. The van der Waals surface area contributed by atoms with E-state index in [2.05, 4.69) is 28.3 Å². The molecule has 1 aromatic heterocycles. The van der Waals surface area contributed by atoms with Crippen LogP contribution in [0.1, 0.15) is 37.4 Å². The number of hydrogen-bond acceptors (Lipinski definition) is 4. The highest BCUT2D eigenvalue weighted by molar-refractivity contribution is 5.55. The Morgan fingerprint density at radius 2 is 2.11 bits per heavy atom. The van der Waals surface area contributed by atoms with Crippen LogP contribution in [0, 0.1) is 18.3 Å². The van der Waals surface area contributed by atoms with Gasteiger partial charge in [0.15, 0.2) is 0 Å². The molecule has 2 rings (SSSR count). The summed E-state index contributed by atoms with van der Waals surface area (Å²) in [5.41, 5.74) is 1.48. The van der Waals surface area contributed by atoms with Crippen molar-refractivity contribution in [1.82, 2.24) is 14.7 Å². The molecule has 0 bridgehead atoms. The first-order valence-corrected chi connectivity index (χ1v) is 7.08. The van der Waals surface area contributed by atoms with E-state index in [0.29, 0.717) is 11.6 Å². The number of aromatic nitrogens is 2. The second-order valence-electron chi connectivity index (χ2n) is 5.30. The van der Waals surface area contributed by atoms with E-state index < -0.39 is 0 Å². The summed E-state index contributed by atoms with van der Waals surface area (Å²) in [5, 5.41) is 17.0. The Kier molecular flexibility index (Phi) is 4.43. The highest BCUT2D eigenvalue weighted by Crippen LogP contribution is 2.21. The number of piperidine rings is 1. The maximum Gasteiger partial charge on any atom is 0.142 e. The third-order valence-electron chi connectivity index (χ3n) is 3.80. The lowest BCUT2D eigenvalue weighted by Crippen LogP contribution is -2.39. The molecular formula is C14H23N5. The third kappa shape index (κ3) is 3.07. The Morgan fingerprint density at radius 3 is 2.68 bits per heavy atom. The van der Waals surface area contributed by atoms with Crippen LogP contribution in [0.5, 0.6) is 0 Å². The third-order valence-corrected chi connectivity index (χ3v) is 3.80.